The van der Waals surface area contributed by atoms with Crippen molar-refractivity contribution >= 4 is 11.9 Å². The van der Waals surface area contributed by atoms with Crippen LogP contribution in [-0.4, -0.2) is 17.0 Å². The number of hydrogen-bond acceptors (Lipinski definition) is 3. The molecule has 5 nitrogen and oxygen atoms in total. The van der Waals surface area contributed by atoms with Gasteiger partial charge < -0.3 is 10.8 Å². The van der Waals surface area contributed by atoms with Crippen molar-refractivity contribution in [2.75, 3.05) is 0 Å². The molecule has 0 saturated heterocycles. The molecule has 0 heterocycles. The number of nitrogens with two attached hydrogens (primary N) is 1. The van der Waals surface area contributed by atoms with Crippen molar-refractivity contribution in [1.29, 1.82) is 5.26 Å². The van der Waals surface area contributed by atoms with Crippen LogP contribution >= 0.6 is 0 Å². The highest BCUT2D eigenvalue weighted by Gasteiger charge is 2.57. The molecule has 1 aliphatic rings. The first-order chi connectivity index (χ1) is 11.8. The van der Waals surface area contributed by atoms with E-state index in [4.69, 9.17) is 5.73 Å². The molecule has 134 valence electrons. The predicted octanol–water partition coefficient (Wildman–Crippen LogP) is 3.29. The maximum Gasteiger partial charge on any atom is 0.311 e. The van der Waals surface area contributed by atoms with Crippen LogP contribution in [0.3, 0.4) is 0 Å². The number of primary amides is 1. The SMILES string of the molecule is CC1CCC(C(C)C)C(C(=O)O)(C(C(N)=O)c2ccccc2C#N)C1. The highest BCUT2D eigenvalue weighted by molar-refractivity contribution is 5.91. The number of carbonyl (C=O) groups is 2. The molecule has 1 fully saturated rings. The van der Waals surface area contributed by atoms with E-state index in [9.17, 15) is 20.0 Å². The standard InChI is InChI=1S/C20H26N2O3/c1-12(2)16-9-8-13(3)10-20(16,19(24)25)17(18(22)23)15-7-5-4-6-14(15)11-21/h4-7,12-13,16-17H,8-10H2,1-3H3,(H2,22,23)(H,24,25). The predicted molar refractivity (Wildman–Crippen MR) is 94.5 cm³/mol. The van der Waals surface area contributed by atoms with Crippen LogP contribution in [0.2, 0.25) is 0 Å². The normalized spacial score (nSPS) is 27.5. The molecule has 4 unspecified atom stereocenters. The summed E-state index contributed by atoms with van der Waals surface area (Å²) in [6.07, 6.45) is 2.06. The number of carboxylic acid groups (broad SMARTS) is 1. The van der Waals surface area contributed by atoms with E-state index < -0.39 is 23.2 Å². The number of carboxylic acids is 1. The Labute approximate surface area is 148 Å². The number of carbonyl (C=O) groups excluding carboxylic acids is 1. The molecule has 0 bridgehead atoms. The summed E-state index contributed by atoms with van der Waals surface area (Å²) >= 11 is 0. The third-order valence-corrected chi connectivity index (χ3v) is 5.71. The van der Waals surface area contributed by atoms with Crippen LogP contribution in [0, 0.1) is 34.5 Å². The average molecular weight is 342 g/mol. The van der Waals surface area contributed by atoms with Gasteiger partial charge in [-0.1, -0.05) is 45.4 Å². The zero-order valence-electron chi connectivity index (χ0n) is 15.0. The molecule has 0 radical (unpaired) electrons. The highest BCUT2D eigenvalue weighted by Crippen LogP contribution is 2.55. The molecule has 3 N–H and O–H groups in total. The molecule has 25 heavy (non-hydrogen) atoms. The summed E-state index contributed by atoms with van der Waals surface area (Å²) in [7, 11) is 0. The zero-order valence-corrected chi connectivity index (χ0v) is 15.0. The van der Waals surface area contributed by atoms with Gasteiger partial charge in [-0.25, -0.2) is 0 Å². The third kappa shape index (κ3) is 3.26. The number of benzene rings is 1. The van der Waals surface area contributed by atoms with Crippen LogP contribution in [-0.2, 0) is 9.59 Å². The summed E-state index contributed by atoms with van der Waals surface area (Å²) in [5, 5.41) is 19.7. The minimum absolute atomic E-state index is 0.0969. The first kappa shape index (κ1) is 19.0. The Hall–Kier alpha value is -2.35. The molecule has 0 spiro atoms. The van der Waals surface area contributed by atoms with E-state index in [0.717, 1.165) is 12.8 Å². The van der Waals surface area contributed by atoms with Gasteiger partial charge in [-0.15, -0.1) is 0 Å². The molecule has 1 aromatic carbocycles. The molecule has 1 amide bonds. The Bertz CT molecular complexity index is 707. The van der Waals surface area contributed by atoms with Crippen molar-refractivity contribution in [2.45, 2.75) is 46.0 Å². The van der Waals surface area contributed by atoms with Crippen LogP contribution in [0.1, 0.15) is 57.1 Å². The number of amides is 1. The Morgan fingerprint density at radius 2 is 1.96 bits per heavy atom. The van der Waals surface area contributed by atoms with Gasteiger partial charge in [0, 0.05) is 0 Å². The number of rotatable bonds is 5. The van der Waals surface area contributed by atoms with E-state index >= 15 is 0 Å². The van der Waals surface area contributed by atoms with Crippen LogP contribution in [0.4, 0.5) is 0 Å². The Kier molecular flexibility index (Phi) is 5.52. The lowest BCUT2D eigenvalue weighted by molar-refractivity contribution is -0.164. The van der Waals surface area contributed by atoms with Crippen molar-refractivity contribution in [3.8, 4) is 6.07 Å². The van der Waals surface area contributed by atoms with Crippen LogP contribution in [0.15, 0.2) is 24.3 Å². The van der Waals surface area contributed by atoms with Gasteiger partial charge in [0.15, 0.2) is 0 Å². The molecule has 5 heteroatoms. The van der Waals surface area contributed by atoms with E-state index in [-0.39, 0.29) is 17.8 Å². The molecule has 4 atom stereocenters. The van der Waals surface area contributed by atoms with Crippen molar-refractivity contribution in [3.63, 3.8) is 0 Å². The Morgan fingerprint density at radius 3 is 2.48 bits per heavy atom. The molecular weight excluding hydrogens is 316 g/mol. The average Bonchev–Trinajstić information content (AvgIpc) is 2.54. The summed E-state index contributed by atoms with van der Waals surface area (Å²) < 4.78 is 0. The van der Waals surface area contributed by atoms with Crippen molar-refractivity contribution in [1.82, 2.24) is 0 Å². The summed E-state index contributed by atoms with van der Waals surface area (Å²) in [6, 6.07) is 8.78. The van der Waals surface area contributed by atoms with Gasteiger partial charge in [0.05, 0.1) is 23.0 Å². The van der Waals surface area contributed by atoms with E-state index in [2.05, 4.69) is 6.07 Å². The summed E-state index contributed by atoms with van der Waals surface area (Å²) in [5.74, 6) is -2.58. The van der Waals surface area contributed by atoms with E-state index in [1.54, 1.807) is 24.3 Å². The summed E-state index contributed by atoms with van der Waals surface area (Å²) in [5.41, 5.74) is 5.20. The number of hydrogen-bond donors (Lipinski definition) is 2. The van der Waals surface area contributed by atoms with E-state index in [1.807, 2.05) is 20.8 Å². The molecule has 1 aliphatic carbocycles. The van der Waals surface area contributed by atoms with Gasteiger partial charge in [-0.2, -0.15) is 5.26 Å². The topological polar surface area (TPSA) is 104 Å². The molecule has 2 rings (SSSR count). The lowest BCUT2D eigenvalue weighted by atomic mass is 9.53. The van der Waals surface area contributed by atoms with Crippen molar-refractivity contribution in [2.24, 2.45) is 28.9 Å². The molecule has 1 saturated carbocycles. The molecule has 0 aliphatic heterocycles. The minimum atomic E-state index is -1.29. The van der Waals surface area contributed by atoms with Gasteiger partial charge in [0.1, 0.15) is 0 Å². The van der Waals surface area contributed by atoms with Gasteiger partial charge in [0.25, 0.3) is 0 Å². The van der Waals surface area contributed by atoms with Crippen LogP contribution in [0.5, 0.6) is 0 Å². The van der Waals surface area contributed by atoms with Crippen molar-refractivity contribution < 1.29 is 14.7 Å². The lowest BCUT2D eigenvalue weighted by Crippen LogP contribution is -2.53. The lowest BCUT2D eigenvalue weighted by Gasteiger charge is -2.49. The maximum absolute atomic E-state index is 12.6. The van der Waals surface area contributed by atoms with E-state index in [0.29, 0.717) is 17.5 Å². The van der Waals surface area contributed by atoms with E-state index in [1.165, 1.54) is 0 Å². The molecule has 0 aromatic heterocycles. The van der Waals surface area contributed by atoms with Gasteiger partial charge in [0.2, 0.25) is 5.91 Å². The van der Waals surface area contributed by atoms with Crippen LogP contribution in [0.25, 0.3) is 0 Å². The maximum atomic E-state index is 12.6. The molecule has 1 aromatic rings. The summed E-state index contributed by atoms with van der Waals surface area (Å²) in [4.78, 5) is 25.1. The highest BCUT2D eigenvalue weighted by atomic mass is 16.4. The quantitative estimate of drug-likeness (QED) is 0.856. The van der Waals surface area contributed by atoms with Gasteiger partial charge in [-0.05, 0) is 42.2 Å². The second kappa shape index (κ2) is 7.26. The Morgan fingerprint density at radius 1 is 1.32 bits per heavy atom. The van der Waals surface area contributed by atoms with Gasteiger partial charge >= 0.3 is 5.97 Å². The second-order valence-corrected chi connectivity index (χ2v) is 7.62. The fourth-order valence-electron chi connectivity index (χ4n) is 4.72. The smallest absolute Gasteiger partial charge is 0.311 e. The fourth-order valence-corrected chi connectivity index (χ4v) is 4.72. The van der Waals surface area contributed by atoms with Crippen LogP contribution < -0.4 is 5.73 Å². The van der Waals surface area contributed by atoms with Crippen molar-refractivity contribution in [3.05, 3.63) is 35.4 Å². The monoisotopic (exact) mass is 342 g/mol. The third-order valence-electron chi connectivity index (χ3n) is 5.71. The largest absolute Gasteiger partial charge is 0.481 e. The fraction of sp³-hybridized carbons (Fsp3) is 0.550. The second-order valence-electron chi connectivity index (χ2n) is 7.62. The first-order valence-electron chi connectivity index (χ1n) is 8.77. The number of nitrogens with zero attached hydrogens (tertiary/aromatic N) is 1. The summed E-state index contributed by atoms with van der Waals surface area (Å²) in [6.45, 7) is 6.00. The molecular formula is C20H26N2O3. The first-order valence-corrected chi connectivity index (χ1v) is 8.77. The number of aliphatic carboxylic acids is 1. The zero-order chi connectivity index (χ0) is 18.8. The number of nitriles is 1. The van der Waals surface area contributed by atoms with Gasteiger partial charge in [-0.3, -0.25) is 9.59 Å². The minimum Gasteiger partial charge on any atom is -0.481 e. The Balaban J connectivity index is 2.75.